The zero-order valence-electron chi connectivity index (χ0n) is 13.9. The van der Waals surface area contributed by atoms with Crippen molar-refractivity contribution < 1.29 is 9.53 Å². The summed E-state index contributed by atoms with van der Waals surface area (Å²) < 4.78 is 5.68. The average Bonchev–Trinajstić information content (AvgIpc) is 2.71. The number of nitrogens with zero attached hydrogens (tertiary/aromatic N) is 3. The lowest BCUT2D eigenvalue weighted by molar-refractivity contribution is 0.242. The fourth-order valence-electron chi connectivity index (χ4n) is 2.07. The van der Waals surface area contributed by atoms with E-state index >= 15 is 0 Å². The van der Waals surface area contributed by atoms with E-state index in [0.717, 1.165) is 11.1 Å². The molecule has 0 radical (unpaired) electrons. The molecule has 2 heterocycles. The smallest absolute Gasteiger partial charge is 0.333 e. The lowest BCUT2D eigenvalue weighted by Gasteiger charge is -2.10. The molecular weight excluding hydrogens is 332 g/mol. The van der Waals surface area contributed by atoms with E-state index in [1.54, 1.807) is 30.7 Å². The summed E-state index contributed by atoms with van der Waals surface area (Å²) in [4.78, 5) is 23.8. The first-order valence-corrected chi connectivity index (χ1v) is 7.98. The number of carbonyl (C=O) groups is 1. The molecule has 0 bridgehead atoms. The maximum Gasteiger partial charge on any atom is 0.333 e. The highest BCUT2D eigenvalue weighted by molar-refractivity contribution is 5.74. The van der Waals surface area contributed by atoms with E-state index < -0.39 is 6.03 Å². The Bertz CT molecular complexity index is 829. The second kappa shape index (κ2) is 8.97. The SMILES string of the molecule is O=C(NCc1ccnc(OCc2ccccc2)c1)NNc1ncccn1. The normalized spacial score (nSPS) is 10.0. The molecule has 0 aliphatic carbocycles. The van der Waals surface area contributed by atoms with E-state index in [2.05, 4.69) is 31.1 Å². The molecule has 0 saturated heterocycles. The van der Waals surface area contributed by atoms with E-state index in [0.29, 0.717) is 25.0 Å². The van der Waals surface area contributed by atoms with Crippen LogP contribution in [0, 0.1) is 0 Å². The number of hydrogen-bond donors (Lipinski definition) is 3. The summed E-state index contributed by atoms with van der Waals surface area (Å²) in [7, 11) is 0. The third-order valence-electron chi connectivity index (χ3n) is 3.34. The van der Waals surface area contributed by atoms with Gasteiger partial charge in [0, 0.05) is 31.2 Å². The topological polar surface area (TPSA) is 101 Å². The Kier molecular flexibility index (Phi) is 5.92. The minimum absolute atomic E-state index is 0.308. The molecule has 0 unspecified atom stereocenters. The molecular formula is C18H18N6O2. The number of anilines is 1. The van der Waals surface area contributed by atoms with Gasteiger partial charge in [-0.25, -0.2) is 25.2 Å². The molecule has 8 nitrogen and oxygen atoms in total. The van der Waals surface area contributed by atoms with E-state index in [1.807, 2.05) is 36.4 Å². The Morgan fingerprint density at radius 2 is 1.73 bits per heavy atom. The molecule has 1 aromatic carbocycles. The third kappa shape index (κ3) is 5.45. The molecule has 0 saturated carbocycles. The van der Waals surface area contributed by atoms with Gasteiger partial charge in [0.1, 0.15) is 6.61 Å². The lowest BCUT2D eigenvalue weighted by atomic mass is 10.2. The van der Waals surface area contributed by atoms with Crippen molar-refractivity contribution in [2.45, 2.75) is 13.2 Å². The van der Waals surface area contributed by atoms with Crippen LogP contribution in [0.25, 0.3) is 0 Å². The molecule has 0 fully saturated rings. The van der Waals surface area contributed by atoms with Crippen molar-refractivity contribution >= 4 is 12.0 Å². The van der Waals surface area contributed by atoms with Crippen molar-refractivity contribution in [2.75, 3.05) is 5.43 Å². The Morgan fingerprint density at radius 1 is 0.923 bits per heavy atom. The molecule has 0 atom stereocenters. The first-order chi connectivity index (χ1) is 12.8. The summed E-state index contributed by atoms with van der Waals surface area (Å²) >= 11 is 0. The van der Waals surface area contributed by atoms with E-state index in [1.165, 1.54) is 0 Å². The van der Waals surface area contributed by atoms with Crippen LogP contribution in [0.4, 0.5) is 10.7 Å². The van der Waals surface area contributed by atoms with Gasteiger partial charge in [0.15, 0.2) is 0 Å². The summed E-state index contributed by atoms with van der Waals surface area (Å²) in [6.45, 7) is 0.763. The molecule has 8 heteroatoms. The van der Waals surface area contributed by atoms with Gasteiger partial charge in [-0.2, -0.15) is 0 Å². The van der Waals surface area contributed by atoms with Crippen LogP contribution in [0.5, 0.6) is 5.88 Å². The number of pyridine rings is 1. The number of ether oxygens (including phenoxy) is 1. The summed E-state index contributed by atoms with van der Waals surface area (Å²) in [5.74, 6) is 0.813. The van der Waals surface area contributed by atoms with Crippen LogP contribution in [0.2, 0.25) is 0 Å². The standard InChI is InChI=1S/C18H18N6O2/c25-18(24-23-17-20-8-4-9-21-17)22-12-15-7-10-19-16(11-15)26-13-14-5-2-1-3-6-14/h1-11H,12-13H2,(H,20,21,23)(H2,22,24,25). The van der Waals surface area contributed by atoms with Gasteiger partial charge in [-0.1, -0.05) is 30.3 Å². The fraction of sp³-hybridized carbons (Fsp3) is 0.111. The quantitative estimate of drug-likeness (QED) is 0.565. The molecule has 0 spiro atoms. The van der Waals surface area contributed by atoms with Gasteiger partial charge in [-0.15, -0.1) is 0 Å². The molecule has 2 aromatic heterocycles. The van der Waals surface area contributed by atoms with Crippen molar-refractivity contribution in [2.24, 2.45) is 0 Å². The number of urea groups is 1. The number of carbonyl (C=O) groups excluding carboxylic acids is 1. The van der Waals surface area contributed by atoms with Crippen molar-refractivity contribution in [1.29, 1.82) is 0 Å². The van der Waals surface area contributed by atoms with Gasteiger partial charge in [0.25, 0.3) is 0 Å². The Balaban J connectivity index is 1.45. The van der Waals surface area contributed by atoms with E-state index in [-0.39, 0.29) is 0 Å². The van der Waals surface area contributed by atoms with Crippen LogP contribution >= 0.6 is 0 Å². The highest BCUT2D eigenvalue weighted by Crippen LogP contribution is 2.11. The maximum absolute atomic E-state index is 11.8. The van der Waals surface area contributed by atoms with Gasteiger partial charge in [-0.05, 0) is 23.3 Å². The highest BCUT2D eigenvalue weighted by Gasteiger charge is 2.03. The number of hydrogen-bond acceptors (Lipinski definition) is 6. The Morgan fingerprint density at radius 3 is 2.54 bits per heavy atom. The zero-order chi connectivity index (χ0) is 18.0. The van der Waals surface area contributed by atoms with Gasteiger partial charge in [-0.3, -0.25) is 5.43 Å². The molecule has 2 amide bonds. The number of amides is 2. The monoisotopic (exact) mass is 350 g/mol. The third-order valence-corrected chi connectivity index (χ3v) is 3.34. The van der Waals surface area contributed by atoms with Crippen molar-refractivity contribution in [3.63, 3.8) is 0 Å². The number of rotatable bonds is 7. The number of benzene rings is 1. The number of aromatic nitrogens is 3. The molecule has 26 heavy (non-hydrogen) atoms. The largest absolute Gasteiger partial charge is 0.473 e. The van der Waals surface area contributed by atoms with Crippen LogP contribution in [0.3, 0.4) is 0 Å². The second-order valence-corrected chi connectivity index (χ2v) is 5.28. The van der Waals surface area contributed by atoms with Crippen molar-refractivity contribution in [1.82, 2.24) is 25.7 Å². The Labute approximate surface area is 150 Å². The molecule has 3 rings (SSSR count). The zero-order valence-corrected chi connectivity index (χ0v) is 13.9. The first-order valence-electron chi connectivity index (χ1n) is 7.98. The maximum atomic E-state index is 11.8. The molecule has 0 aliphatic rings. The minimum Gasteiger partial charge on any atom is -0.473 e. The highest BCUT2D eigenvalue weighted by atomic mass is 16.5. The van der Waals surface area contributed by atoms with Crippen LogP contribution in [-0.4, -0.2) is 21.0 Å². The Hall–Kier alpha value is -3.68. The molecule has 3 aromatic rings. The van der Waals surface area contributed by atoms with Crippen LogP contribution in [0.15, 0.2) is 67.1 Å². The summed E-state index contributed by atoms with van der Waals surface area (Å²) in [6, 6.07) is 14.7. The second-order valence-electron chi connectivity index (χ2n) is 5.28. The van der Waals surface area contributed by atoms with Crippen LogP contribution < -0.4 is 20.9 Å². The van der Waals surface area contributed by atoms with Gasteiger partial charge in [0.05, 0.1) is 0 Å². The molecule has 3 N–H and O–H groups in total. The molecule has 132 valence electrons. The van der Waals surface area contributed by atoms with Gasteiger partial charge >= 0.3 is 6.03 Å². The van der Waals surface area contributed by atoms with Crippen molar-refractivity contribution in [3.05, 3.63) is 78.2 Å². The average molecular weight is 350 g/mol. The van der Waals surface area contributed by atoms with E-state index in [4.69, 9.17) is 4.74 Å². The summed E-state index contributed by atoms with van der Waals surface area (Å²) in [5.41, 5.74) is 7.00. The van der Waals surface area contributed by atoms with E-state index in [9.17, 15) is 4.79 Å². The summed E-state index contributed by atoms with van der Waals surface area (Å²) in [6.07, 6.45) is 4.79. The number of hydrazine groups is 1. The van der Waals surface area contributed by atoms with Crippen LogP contribution in [0.1, 0.15) is 11.1 Å². The molecule has 0 aliphatic heterocycles. The number of nitrogens with one attached hydrogen (secondary N) is 3. The van der Waals surface area contributed by atoms with Gasteiger partial charge < -0.3 is 10.1 Å². The van der Waals surface area contributed by atoms with Gasteiger partial charge in [0.2, 0.25) is 11.8 Å². The lowest BCUT2D eigenvalue weighted by Crippen LogP contribution is -2.39. The van der Waals surface area contributed by atoms with Crippen molar-refractivity contribution in [3.8, 4) is 5.88 Å². The first kappa shape index (κ1) is 17.2. The predicted octanol–water partition coefficient (Wildman–Crippen LogP) is 2.28. The van der Waals surface area contributed by atoms with Crippen LogP contribution in [-0.2, 0) is 13.2 Å². The minimum atomic E-state index is -0.402. The fourth-order valence-corrected chi connectivity index (χ4v) is 2.07. The predicted molar refractivity (Wildman–Crippen MR) is 96.0 cm³/mol. The summed E-state index contributed by atoms with van der Waals surface area (Å²) in [5, 5.41) is 2.72.